The second kappa shape index (κ2) is 4.07. The fraction of sp³-hybridized carbons (Fsp3) is 0.125. The molecule has 0 saturated carbocycles. The molecule has 7 heteroatoms. The zero-order valence-corrected chi connectivity index (χ0v) is 7.17. The maximum Gasteiger partial charge on any atom is 0.340 e. The van der Waals surface area contributed by atoms with Gasteiger partial charge in [-0.3, -0.25) is 14.9 Å². The number of halogens is 3. The summed E-state index contributed by atoms with van der Waals surface area (Å²) < 4.78 is 37.7. The van der Waals surface area contributed by atoms with E-state index in [0.717, 1.165) is 0 Å². The first-order valence-electron chi connectivity index (χ1n) is 3.70. The van der Waals surface area contributed by atoms with Crippen molar-refractivity contribution >= 4 is 11.5 Å². The van der Waals surface area contributed by atoms with Crippen LogP contribution in [-0.4, -0.2) is 17.4 Å². The number of alkyl halides is 1. The molecule has 0 N–H and O–H groups in total. The minimum atomic E-state index is -1.50. The molecule has 0 aliphatic rings. The Labute approximate surface area is 81.5 Å². The smallest absolute Gasteiger partial charge is 0.291 e. The van der Waals surface area contributed by atoms with Crippen molar-refractivity contribution in [3.05, 3.63) is 39.4 Å². The van der Waals surface area contributed by atoms with Crippen molar-refractivity contribution in [3.63, 3.8) is 0 Å². The van der Waals surface area contributed by atoms with Crippen molar-refractivity contribution < 1.29 is 22.9 Å². The van der Waals surface area contributed by atoms with Gasteiger partial charge in [-0.1, -0.05) is 0 Å². The lowest BCUT2D eigenvalue weighted by Crippen LogP contribution is -2.05. The van der Waals surface area contributed by atoms with Crippen LogP contribution in [0.1, 0.15) is 10.4 Å². The molecule has 0 atom stereocenters. The maximum absolute atomic E-state index is 12.9. The van der Waals surface area contributed by atoms with Crippen molar-refractivity contribution in [2.45, 2.75) is 0 Å². The molecule has 0 spiro atoms. The Kier molecular flexibility index (Phi) is 3.03. The summed E-state index contributed by atoms with van der Waals surface area (Å²) in [4.78, 5) is 19.6. The Morgan fingerprint density at radius 2 is 1.80 bits per heavy atom. The summed E-state index contributed by atoms with van der Waals surface area (Å²) in [5.41, 5.74) is -1.93. The minimum Gasteiger partial charge on any atom is -0.291 e. The first-order valence-corrected chi connectivity index (χ1v) is 3.70. The fourth-order valence-electron chi connectivity index (χ4n) is 0.978. The summed E-state index contributed by atoms with van der Waals surface area (Å²) in [5.74, 6) is -4.14. The molecule has 0 bridgehead atoms. The van der Waals surface area contributed by atoms with Gasteiger partial charge in [-0.25, -0.2) is 4.39 Å². The SMILES string of the molecule is O=C(CF)c1cc(F)c([N+](=O)[O-])c(F)c1. The van der Waals surface area contributed by atoms with Gasteiger partial charge in [0, 0.05) is 5.56 Å². The molecule has 1 rings (SSSR count). The topological polar surface area (TPSA) is 60.2 Å². The van der Waals surface area contributed by atoms with Gasteiger partial charge in [0.15, 0.2) is 12.5 Å². The van der Waals surface area contributed by atoms with Gasteiger partial charge in [0.05, 0.1) is 4.92 Å². The molecule has 0 aliphatic heterocycles. The maximum atomic E-state index is 12.9. The van der Waals surface area contributed by atoms with E-state index in [4.69, 9.17) is 0 Å². The molecule has 0 aromatic heterocycles. The third-order valence-electron chi connectivity index (χ3n) is 1.64. The number of carbonyl (C=O) groups is 1. The van der Waals surface area contributed by atoms with Gasteiger partial charge < -0.3 is 0 Å². The molecule has 0 fully saturated rings. The first kappa shape index (κ1) is 11.2. The highest BCUT2D eigenvalue weighted by Crippen LogP contribution is 2.23. The number of hydrogen-bond donors (Lipinski definition) is 0. The molecular weight excluding hydrogens is 215 g/mol. The molecule has 1 aromatic rings. The van der Waals surface area contributed by atoms with E-state index < -0.39 is 40.3 Å². The van der Waals surface area contributed by atoms with Gasteiger partial charge in [-0.05, 0) is 12.1 Å². The highest BCUT2D eigenvalue weighted by molar-refractivity contribution is 5.97. The van der Waals surface area contributed by atoms with Gasteiger partial charge in [-0.2, -0.15) is 8.78 Å². The predicted octanol–water partition coefficient (Wildman–Crippen LogP) is 2.03. The zero-order valence-electron chi connectivity index (χ0n) is 7.17. The number of Topliss-reactive ketones (excluding diaryl/α,β-unsaturated/α-hetero) is 1. The Hall–Kier alpha value is -1.92. The van der Waals surface area contributed by atoms with Crippen LogP contribution in [0.4, 0.5) is 18.9 Å². The summed E-state index contributed by atoms with van der Waals surface area (Å²) in [6, 6.07) is 0.867. The Morgan fingerprint density at radius 1 is 1.33 bits per heavy atom. The quantitative estimate of drug-likeness (QED) is 0.444. The zero-order chi connectivity index (χ0) is 11.6. The largest absolute Gasteiger partial charge is 0.340 e. The highest BCUT2D eigenvalue weighted by Gasteiger charge is 2.23. The van der Waals surface area contributed by atoms with Crippen LogP contribution in [-0.2, 0) is 0 Å². The van der Waals surface area contributed by atoms with E-state index >= 15 is 0 Å². The van der Waals surface area contributed by atoms with Crippen LogP contribution in [0.3, 0.4) is 0 Å². The Bertz CT molecular complexity index is 410. The standard InChI is InChI=1S/C8H4F3NO3/c9-3-7(13)4-1-5(10)8(12(14)15)6(11)2-4/h1-2H,3H2. The molecule has 0 heterocycles. The van der Waals surface area contributed by atoms with Crippen molar-refractivity contribution in [1.82, 2.24) is 0 Å². The van der Waals surface area contributed by atoms with Crippen molar-refractivity contribution in [1.29, 1.82) is 0 Å². The second-order valence-electron chi connectivity index (χ2n) is 2.60. The summed E-state index contributed by atoms with van der Waals surface area (Å²) in [7, 11) is 0. The van der Waals surface area contributed by atoms with Crippen molar-refractivity contribution in [2.24, 2.45) is 0 Å². The lowest BCUT2D eigenvalue weighted by Gasteiger charge is -1.99. The van der Waals surface area contributed by atoms with E-state index in [9.17, 15) is 28.1 Å². The third kappa shape index (κ3) is 2.12. The van der Waals surface area contributed by atoms with E-state index in [1.807, 2.05) is 0 Å². The number of benzene rings is 1. The summed E-state index contributed by atoms with van der Waals surface area (Å²) in [5, 5.41) is 10.2. The number of nitro benzene ring substituents is 1. The number of ketones is 1. The molecule has 0 aliphatic carbocycles. The number of nitro groups is 1. The fourth-order valence-corrected chi connectivity index (χ4v) is 0.978. The highest BCUT2D eigenvalue weighted by atomic mass is 19.1. The summed E-state index contributed by atoms with van der Waals surface area (Å²) in [6.45, 7) is -1.42. The number of rotatable bonds is 3. The van der Waals surface area contributed by atoms with Crippen LogP contribution >= 0.6 is 0 Å². The van der Waals surface area contributed by atoms with Gasteiger partial charge >= 0.3 is 5.69 Å². The van der Waals surface area contributed by atoms with E-state index in [-0.39, 0.29) is 0 Å². The normalized spacial score (nSPS) is 10.1. The molecule has 0 unspecified atom stereocenters. The van der Waals surface area contributed by atoms with Crippen LogP contribution in [0.2, 0.25) is 0 Å². The van der Waals surface area contributed by atoms with Crippen LogP contribution < -0.4 is 0 Å². The lowest BCUT2D eigenvalue weighted by molar-refractivity contribution is -0.390. The van der Waals surface area contributed by atoms with Gasteiger partial charge in [0.2, 0.25) is 11.6 Å². The monoisotopic (exact) mass is 219 g/mol. The van der Waals surface area contributed by atoms with E-state index in [2.05, 4.69) is 0 Å². The lowest BCUT2D eigenvalue weighted by atomic mass is 10.1. The molecule has 4 nitrogen and oxygen atoms in total. The third-order valence-corrected chi connectivity index (χ3v) is 1.64. The number of nitrogens with zero attached hydrogens (tertiary/aromatic N) is 1. The summed E-state index contributed by atoms with van der Waals surface area (Å²) in [6.07, 6.45) is 0. The molecule has 0 amide bonds. The average Bonchev–Trinajstić information content (AvgIpc) is 2.14. The molecule has 0 saturated heterocycles. The molecule has 15 heavy (non-hydrogen) atoms. The number of carbonyl (C=O) groups excluding carboxylic acids is 1. The minimum absolute atomic E-state index is 0.434. The van der Waals surface area contributed by atoms with Crippen molar-refractivity contribution in [3.8, 4) is 0 Å². The predicted molar refractivity (Wildman–Crippen MR) is 43.3 cm³/mol. The van der Waals surface area contributed by atoms with E-state index in [1.165, 1.54) is 0 Å². The second-order valence-corrected chi connectivity index (χ2v) is 2.60. The average molecular weight is 219 g/mol. The van der Waals surface area contributed by atoms with Crippen LogP contribution in [0.5, 0.6) is 0 Å². The molecular formula is C8H4F3NO3. The van der Waals surface area contributed by atoms with Crippen LogP contribution in [0.25, 0.3) is 0 Å². The first-order chi connectivity index (χ1) is 6.97. The number of hydrogen-bond acceptors (Lipinski definition) is 3. The van der Waals surface area contributed by atoms with Gasteiger partial charge in [-0.15, -0.1) is 0 Å². The van der Waals surface area contributed by atoms with E-state index in [0.29, 0.717) is 12.1 Å². The van der Waals surface area contributed by atoms with Crippen LogP contribution in [0, 0.1) is 21.7 Å². The van der Waals surface area contributed by atoms with Gasteiger partial charge in [0.25, 0.3) is 0 Å². The van der Waals surface area contributed by atoms with E-state index in [1.54, 1.807) is 0 Å². The summed E-state index contributed by atoms with van der Waals surface area (Å²) >= 11 is 0. The molecule has 0 radical (unpaired) electrons. The Morgan fingerprint density at radius 3 is 2.13 bits per heavy atom. The van der Waals surface area contributed by atoms with Crippen LogP contribution in [0.15, 0.2) is 12.1 Å². The molecule has 80 valence electrons. The van der Waals surface area contributed by atoms with Gasteiger partial charge in [0.1, 0.15) is 0 Å². The van der Waals surface area contributed by atoms with Crippen molar-refractivity contribution in [2.75, 3.05) is 6.67 Å². The Balaban J connectivity index is 3.31. The molecule has 1 aromatic carbocycles.